The number of amides is 1. The summed E-state index contributed by atoms with van der Waals surface area (Å²) >= 11 is 0. The van der Waals surface area contributed by atoms with E-state index in [2.05, 4.69) is 26.1 Å². The molecule has 3 fully saturated rings. The summed E-state index contributed by atoms with van der Waals surface area (Å²) in [5, 5.41) is 2.80. The average Bonchev–Trinajstić information content (AvgIpc) is 3.22. The lowest BCUT2D eigenvalue weighted by Gasteiger charge is -2.28. The summed E-state index contributed by atoms with van der Waals surface area (Å²) < 4.78 is 0. The number of fused-ring (bicyclic) bond motifs is 1. The zero-order chi connectivity index (χ0) is 14.5. The summed E-state index contributed by atoms with van der Waals surface area (Å²) in [6.45, 7) is 7.24. The molecule has 0 aliphatic heterocycles. The van der Waals surface area contributed by atoms with E-state index in [1.165, 1.54) is 44.9 Å². The van der Waals surface area contributed by atoms with Crippen molar-refractivity contribution in [2.75, 3.05) is 0 Å². The first-order chi connectivity index (χ1) is 9.63. The zero-order valence-corrected chi connectivity index (χ0v) is 13.6. The van der Waals surface area contributed by atoms with Crippen LogP contribution < -0.4 is 5.32 Å². The van der Waals surface area contributed by atoms with Crippen molar-refractivity contribution in [3.63, 3.8) is 0 Å². The summed E-state index contributed by atoms with van der Waals surface area (Å²) in [6, 6.07) is 0.483. The molecule has 0 radical (unpaired) electrons. The van der Waals surface area contributed by atoms with Gasteiger partial charge in [-0.05, 0) is 55.3 Å². The van der Waals surface area contributed by atoms with Crippen molar-refractivity contribution in [3.8, 4) is 0 Å². The molecule has 4 atom stereocenters. The molecule has 0 saturated heterocycles. The Labute approximate surface area is 125 Å². The SMILES string of the molecule is CC1CC[C@@H](C(C)C)[C@@H]2C[C@H]12.O=CNC1CCCCC1. The van der Waals surface area contributed by atoms with Crippen molar-refractivity contribution in [1.82, 2.24) is 5.32 Å². The lowest BCUT2D eigenvalue weighted by Crippen LogP contribution is -2.29. The fourth-order valence-corrected chi connectivity index (χ4v) is 4.46. The maximum absolute atomic E-state index is 9.96. The van der Waals surface area contributed by atoms with Crippen molar-refractivity contribution in [1.29, 1.82) is 0 Å². The molecule has 1 unspecified atom stereocenters. The number of nitrogens with one attached hydrogen (secondary N) is 1. The summed E-state index contributed by atoms with van der Waals surface area (Å²) in [7, 11) is 0. The van der Waals surface area contributed by atoms with E-state index in [0.717, 1.165) is 36.0 Å². The molecule has 0 heterocycles. The Hall–Kier alpha value is -0.530. The van der Waals surface area contributed by atoms with E-state index in [0.29, 0.717) is 6.04 Å². The van der Waals surface area contributed by atoms with Crippen molar-refractivity contribution in [2.45, 2.75) is 78.2 Å². The Morgan fingerprint density at radius 2 is 1.70 bits per heavy atom. The smallest absolute Gasteiger partial charge is 0.207 e. The Kier molecular flexibility index (Phi) is 5.92. The fraction of sp³-hybridized carbons (Fsp3) is 0.944. The van der Waals surface area contributed by atoms with Crippen molar-refractivity contribution in [2.24, 2.45) is 29.6 Å². The molecule has 3 aliphatic carbocycles. The van der Waals surface area contributed by atoms with Crippen LogP contribution in [0, 0.1) is 29.6 Å². The van der Waals surface area contributed by atoms with Gasteiger partial charge >= 0.3 is 0 Å². The van der Waals surface area contributed by atoms with E-state index in [9.17, 15) is 4.79 Å². The highest BCUT2D eigenvalue weighted by Crippen LogP contribution is 2.57. The fourth-order valence-electron chi connectivity index (χ4n) is 4.46. The number of carbonyl (C=O) groups excluding carboxylic acids is 1. The predicted molar refractivity (Wildman–Crippen MR) is 84.4 cm³/mol. The molecule has 0 spiro atoms. The molecule has 1 N–H and O–H groups in total. The zero-order valence-electron chi connectivity index (χ0n) is 13.6. The molecule has 3 rings (SSSR count). The van der Waals surface area contributed by atoms with E-state index >= 15 is 0 Å². The molecule has 20 heavy (non-hydrogen) atoms. The second-order valence-corrected chi connectivity index (χ2v) is 7.65. The standard InChI is InChI=1S/C11H20.C7H13NO/c1-7(2)9-5-4-8(3)10-6-11(9)10;9-6-8-7-4-2-1-3-5-7/h7-11H,4-6H2,1-3H3;6-7H,1-5H2,(H,8,9)/t8?,9-,10+,11-;/m0./s1. The second-order valence-electron chi connectivity index (χ2n) is 7.65. The van der Waals surface area contributed by atoms with Gasteiger partial charge in [-0.25, -0.2) is 0 Å². The van der Waals surface area contributed by atoms with Crippen LogP contribution in [0.5, 0.6) is 0 Å². The highest BCUT2D eigenvalue weighted by atomic mass is 16.1. The molecule has 0 aromatic rings. The number of carbonyl (C=O) groups is 1. The Morgan fingerprint density at radius 3 is 2.30 bits per heavy atom. The minimum absolute atomic E-state index is 0.483. The number of hydrogen-bond acceptors (Lipinski definition) is 1. The van der Waals surface area contributed by atoms with Gasteiger partial charge in [0.2, 0.25) is 6.41 Å². The Bertz CT molecular complexity index is 296. The second kappa shape index (κ2) is 7.47. The molecule has 2 nitrogen and oxygen atoms in total. The van der Waals surface area contributed by atoms with Crippen molar-refractivity contribution >= 4 is 6.41 Å². The van der Waals surface area contributed by atoms with Crippen LogP contribution in [0.3, 0.4) is 0 Å². The molecule has 116 valence electrons. The van der Waals surface area contributed by atoms with E-state index in [1.54, 1.807) is 6.42 Å². The summed E-state index contributed by atoms with van der Waals surface area (Å²) in [5.74, 6) is 5.35. The van der Waals surface area contributed by atoms with E-state index in [1.807, 2.05) is 0 Å². The van der Waals surface area contributed by atoms with Crippen molar-refractivity contribution < 1.29 is 4.79 Å². The van der Waals surface area contributed by atoms with Crippen LogP contribution in [0.2, 0.25) is 0 Å². The topological polar surface area (TPSA) is 29.1 Å². The van der Waals surface area contributed by atoms with Gasteiger partial charge in [-0.3, -0.25) is 4.79 Å². The third kappa shape index (κ3) is 4.23. The molecule has 2 heteroatoms. The van der Waals surface area contributed by atoms with Crippen LogP contribution in [-0.4, -0.2) is 12.5 Å². The van der Waals surface area contributed by atoms with Gasteiger partial charge in [0.1, 0.15) is 0 Å². The molecule has 3 aliphatic rings. The van der Waals surface area contributed by atoms with Crippen LogP contribution in [0.1, 0.15) is 72.1 Å². The van der Waals surface area contributed by atoms with Gasteiger partial charge < -0.3 is 5.32 Å². The van der Waals surface area contributed by atoms with Crippen LogP contribution >= 0.6 is 0 Å². The predicted octanol–water partition coefficient (Wildman–Crippen LogP) is 4.39. The largest absolute Gasteiger partial charge is 0.356 e. The first kappa shape index (κ1) is 15.9. The molecular weight excluding hydrogens is 246 g/mol. The van der Waals surface area contributed by atoms with Crippen LogP contribution in [0.4, 0.5) is 0 Å². The average molecular weight is 279 g/mol. The maximum atomic E-state index is 9.96. The quantitative estimate of drug-likeness (QED) is 0.763. The monoisotopic (exact) mass is 279 g/mol. The first-order valence-electron chi connectivity index (χ1n) is 8.83. The minimum Gasteiger partial charge on any atom is -0.356 e. The molecular formula is C18H33NO. The van der Waals surface area contributed by atoms with E-state index in [4.69, 9.17) is 0 Å². The summed E-state index contributed by atoms with van der Waals surface area (Å²) in [4.78, 5) is 9.96. The van der Waals surface area contributed by atoms with Gasteiger partial charge in [0.15, 0.2) is 0 Å². The molecule has 1 amide bonds. The third-order valence-electron chi connectivity index (χ3n) is 5.89. The van der Waals surface area contributed by atoms with Gasteiger partial charge in [0.05, 0.1) is 0 Å². The maximum Gasteiger partial charge on any atom is 0.207 e. The normalized spacial score (nSPS) is 36.6. The lowest BCUT2D eigenvalue weighted by molar-refractivity contribution is -0.110. The van der Waals surface area contributed by atoms with Gasteiger partial charge in [-0.15, -0.1) is 0 Å². The van der Waals surface area contributed by atoms with E-state index in [-0.39, 0.29) is 0 Å². The third-order valence-corrected chi connectivity index (χ3v) is 5.89. The number of rotatable bonds is 3. The summed E-state index contributed by atoms with van der Waals surface area (Å²) in [6.07, 6.45) is 11.7. The van der Waals surface area contributed by atoms with E-state index < -0.39 is 0 Å². The molecule has 0 aromatic heterocycles. The van der Waals surface area contributed by atoms with Crippen LogP contribution in [-0.2, 0) is 4.79 Å². The lowest BCUT2D eigenvalue weighted by atomic mass is 9.78. The highest BCUT2D eigenvalue weighted by molar-refractivity contribution is 5.46. The van der Waals surface area contributed by atoms with Gasteiger partial charge in [0, 0.05) is 6.04 Å². The molecule has 0 aromatic carbocycles. The number of hydrogen-bond donors (Lipinski definition) is 1. The highest BCUT2D eigenvalue weighted by Gasteiger charge is 2.49. The van der Waals surface area contributed by atoms with Crippen LogP contribution in [0.25, 0.3) is 0 Å². The van der Waals surface area contributed by atoms with Gasteiger partial charge in [-0.2, -0.15) is 0 Å². The van der Waals surface area contributed by atoms with Gasteiger partial charge in [0.25, 0.3) is 0 Å². The molecule has 3 saturated carbocycles. The summed E-state index contributed by atoms with van der Waals surface area (Å²) in [5.41, 5.74) is 0. The Morgan fingerprint density at radius 1 is 1.00 bits per heavy atom. The van der Waals surface area contributed by atoms with Gasteiger partial charge in [-0.1, -0.05) is 46.5 Å². The molecule has 0 bridgehead atoms. The Balaban J connectivity index is 0.000000151. The first-order valence-corrected chi connectivity index (χ1v) is 8.83. The minimum atomic E-state index is 0.483. The van der Waals surface area contributed by atoms with Crippen LogP contribution in [0.15, 0.2) is 0 Å². The van der Waals surface area contributed by atoms with Crippen molar-refractivity contribution in [3.05, 3.63) is 0 Å².